The molecule has 8 nitrogen and oxygen atoms in total. The Bertz CT molecular complexity index is 930. The summed E-state index contributed by atoms with van der Waals surface area (Å²) in [6.45, 7) is 4.28. The second kappa shape index (κ2) is 8.22. The number of hydrogen-bond acceptors (Lipinski definition) is 7. The topological polar surface area (TPSA) is 106 Å². The van der Waals surface area contributed by atoms with Crippen LogP contribution in [0.4, 0.5) is 17.5 Å². The van der Waals surface area contributed by atoms with Crippen LogP contribution >= 0.6 is 0 Å². The van der Waals surface area contributed by atoms with Crippen LogP contribution in [0.15, 0.2) is 54.9 Å². The van der Waals surface area contributed by atoms with Gasteiger partial charge in [0.2, 0.25) is 5.95 Å². The minimum absolute atomic E-state index is 0.0760. The summed E-state index contributed by atoms with van der Waals surface area (Å²) in [6, 6.07) is 12.4. The third-order valence-corrected chi connectivity index (χ3v) is 3.75. The molecule has 2 heterocycles. The normalized spacial score (nSPS) is 10.6. The molecule has 2 N–H and O–H groups in total. The van der Waals surface area contributed by atoms with E-state index in [4.69, 9.17) is 0 Å². The van der Waals surface area contributed by atoms with Gasteiger partial charge in [-0.05, 0) is 26.0 Å². The summed E-state index contributed by atoms with van der Waals surface area (Å²) in [4.78, 5) is 23.9. The molecule has 0 amide bonds. The monoisotopic (exact) mass is 364 g/mol. The van der Waals surface area contributed by atoms with Gasteiger partial charge in [0.15, 0.2) is 0 Å². The summed E-state index contributed by atoms with van der Waals surface area (Å²) in [5, 5.41) is 17.5. The summed E-state index contributed by atoms with van der Waals surface area (Å²) in [5.74, 6) is 1.06. The average molecular weight is 364 g/mol. The van der Waals surface area contributed by atoms with Crippen LogP contribution in [0.25, 0.3) is 11.3 Å². The van der Waals surface area contributed by atoms with E-state index < -0.39 is 0 Å². The van der Waals surface area contributed by atoms with Gasteiger partial charge >= 0.3 is 0 Å². The van der Waals surface area contributed by atoms with Crippen molar-refractivity contribution in [1.82, 2.24) is 15.0 Å². The zero-order valence-corrected chi connectivity index (χ0v) is 15.1. The second-order valence-corrected chi connectivity index (χ2v) is 6.24. The number of para-hydroxylation sites is 1. The van der Waals surface area contributed by atoms with Gasteiger partial charge < -0.3 is 10.6 Å². The van der Waals surface area contributed by atoms with Gasteiger partial charge in [-0.15, -0.1) is 0 Å². The van der Waals surface area contributed by atoms with Crippen molar-refractivity contribution in [3.63, 3.8) is 0 Å². The van der Waals surface area contributed by atoms with Gasteiger partial charge in [-0.1, -0.05) is 18.2 Å². The highest BCUT2D eigenvalue weighted by molar-refractivity contribution is 5.63. The predicted molar refractivity (Wildman–Crippen MR) is 104 cm³/mol. The lowest BCUT2D eigenvalue weighted by molar-refractivity contribution is -0.385. The Morgan fingerprint density at radius 2 is 1.96 bits per heavy atom. The molecule has 0 aliphatic heterocycles. The highest BCUT2D eigenvalue weighted by Crippen LogP contribution is 2.23. The molecule has 0 spiro atoms. The van der Waals surface area contributed by atoms with Crippen LogP contribution in [0.2, 0.25) is 0 Å². The lowest BCUT2D eigenvalue weighted by Gasteiger charge is -2.13. The van der Waals surface area contributed by atoms with Gasteiger partial charge in [0.1, 0.15) is 5.82 Å². The molecule has 2 aromatic heterocycles. The van der Waals surface area contributed by atoms with Crippen molar-refractivity contribution in [3.8, 4) is 11.3 Å². The summed E-state index contributed by atoms with van der Waals surface area (Å²) >= 11 is 0. The van der Waals surface area contributed by atoms with Crippen LogP contribution < -0.4 is 10.6 Å². The molecule has 0 atom stereocenters. The molecule has 3 rings (SSSR count). The van der Waals surface area contributed by atoms with E-state index >= 15 is 0 Å². The minimum atomic E-state index is -0.385. The van der Waals surface area contributed by atoms with E-state index in [1.165, 1.54) is 6.07 Å². The van der Waals surface area contributed by atoms with Crippen molar-refractivity contribution < 1.29 is 4.92 Å². The van der Waals surface area contributed by atoms with Crippen LogP contribution in [0.3, 0.4) is 0 Å². The Morgan fingerprint density at radius 3 is 2.67 bits per heavy atom. The first-order valence-electron chi connectivity index (χ1n) is 8.55. The number of pyridine rings is 1. The van der Waals surface area contributed by atoms with E-state index in [9.17, 15) is 10.1 Å². The lowest BCUT2D eigenvalue weighted by Crippen LogP contribution is -2.14. The number of nitrogens with zero attached hydrogens (tertiary/aromatic N) is 4. The maximum atomic E-state index is 11.2. The molecule has 0 unspecified atom stereocenters. The number of benzene rings is 1. The van der Waals surface area contributed by atoms with Crippen molar-refractivity contribution >= 4 is 17.5 Å². The second-order valence-electron chi connectivity index (χ2n) is 6.24. The van der Waals surface area contributed by atoms with Gasteiger partial charge in [0.25, 0.3) is 5.69 Å². The fourth-order valence-electron chi connectivity index (χ4n) is 2.55. The number of hydrogen-bond donors (Lipinski definition) is 2. The summed E-state index contributed by atoms with van der Waals surface area (Å²) in [6.07, 6.45) is 3.43. The van der Waals surface area contributed by atoms with Crippen LogP contribution in [-0.2, 0) is 6.54 Å². The van der Waals surface area contributed by atoms with E-state index in [1.807, 2.05) is 26.0 Å². The summed E-state index contributed by atoms with van der Waals surface area (Å²) in [7, 11) is 0. The smallest absolute Gasteiger partial charge is 0.274 e. The first kappa shape index (κ1) is 18.2. The highest BCUT2D eigenvalue weighted by Gasteiger charge is 2.13. The number of nitro benzene ring substituents is 1. The van der Waals surface area contributed by atoms with Gasteiger partial charge in [-0.25, -0.2) is 4.98 Å². The molecule has 0 fully saturated rings. The molecule has 27 heavy (non-hydrogen) atoms. The number of aromatic nitrogens is 3. The summed E-state index contributed by atoms with van der Waals surface area (Å²) in [5.41, 5.74) is 2.24. The lowest BCUT2D eigenvalue weighted by atomic mass is 10.1. The molecule has 8 heteroatoms. The van der Waals surface area contributed by atoms with Crippen LogP contribution in [0, 0.1) is 10.1 Å². The maximum Gasteiger partial charge on any atom is 0.274 e. The molecule has 0 aliphatic carbocycles. The van der Waals surface area contributed by atoms with Crippen LogP contribution in [0.1, 0.15) is 19.4 Å². The fraction of sp³-hybridized carbons (Fsp3) is 0.211. The molecule has 0 saturated heterocycles. The third-order valence-electron chi connectivity index (χ3n) is 3.75. The molecule has 0 radical (unpaired) electrons. The number of anilines is 2. The maximum absolute atomic E-state index is 11.2. The standard InChI is InChI=1S/C19H20N6O2/c1-13(2)22-19-23-16(14-7-5-9-20-11-14)10-18(24-19)21-12-15-6-3-4-8-17(15)25(26)27/h3-11,13H,12H2,1-2H3,(H2,21,22,23,24). The first-order valence-corrected chi connectivity index (χ1v) is 8.55. The Hall–Kier alpha value is -3.55. The van der Waals surface area contributed by atoms with Gasteiger partial charge in [0.05, 0.1) is 10.6 Å². The zero-order chi connectivity index (χ0) is 19.2. The SMILES string of the molecule is CC(C)Nc1nc(NCc2ccccc2[N+](=O)[O-])cc(-c2cccnc2)n1. The Kier molecular flexibility index (Phi) is 5.55. The quantitative estimate of drug-likeness (QED) is 0.484. The van der Waals surface area contributed by atoms with Crippen molar-refractivity contribution in [2.24, 2.45) is 0 Å². The van der Waals surface area contributed by atoms with Crippen molar-refractivity contribution in [2.75, 3.05) is 10.6 Å². The molecule has 138 valence electrons. The molecule has 0 aliphatic rings. The highest BCUT2D eigenvalue weighted by atomic mass is 16.6. The Labute approximate surface area is 156 Å². The van der Waals surface area contributed by atoms with Gasteiger partial charge in [0, 0.05) is 48.2 Å². The van der Waals surface area contributed by atoms with E-state index in [2.05, 4.69) is 25.6 Å². The minimum Gasteiger partial charge on any atom is -0.366 e. The largest absolute Gasteiger partial charge is 0.366 e. The molecular formula is C19H20N6O2. The van der Waals surface area contributed by atoms with Crippen molar-refractivity contribution in [3.05, 3.63) is 70.5 Å². The van der Waals surface area contributed by atoms with Gasteiger partial charge in [-0.3, -0.25) is 15.1 Å². The average Bonchev–Trinajstić information content (AvgIpc) is 2.66. The zero-order valence-electron chi connectivity index (χ0n) is 15.1. The molecule has 0 saturated carbocycles. The van der Waals surface area contributed by atoms with Crippen molar-refractivity contribution in [2.45, 2.75) is 26.4 Å². The number of nitrogens with one attached hydrogen (secondary N) is 2. The third kappa shape index (κ3) is 4.75. The number of rotatable bonds is 7. The summed E-state index contributed by atoms with van der Waals surface area (Å²) < 4.78 is 0. The number of nitro groups is 1. The van der Waals surface area contributed by atoms with Gasteiger partial charge in [-0.2, -0.15) is 4.98 Å². The molecule has 0 bridgehead atoms. The predicted octanol–water partition coefficient (Wildman–Crippen LogP) is 3.88. The van der Waals surface area contributed by atoms with E-state index in [0.29, 0.717) is 23.0 Å². The molecular weight excluding hydrogens is 344 g/mol. The first-order chi connectivity index (χ1) is 13.0. The van der Waals surface area contributed by atoms with Crippen molar-refractivity contribution in [1.29, 1.82) is 0 Å². The Balaban J connectivity index is 1.89. The molecule has 1 aromatic carbocycles. The van der Waals surface area contributed by atoms with Crippen LogP contribution in [0.5, 0.6) is 0 Å². The van der Waals surface area contributed by atoms with E-state index in [-0.39, 0.29) is 23.2 Å². The fourth-order valence-corrected chi connectivity index (χ4v) is 2.55. The van der Waals surface area contributed by atoms with E-state index in [0.717, 1.165) is 5.56 Å². The molecule has 3 aromatic rings. The van der Waals surface area contributed by atoms with Crippen LogP contribution in [-0.4, -0.2) is 25.9 Å². The Morgan fingerprint density at radius 1 is 1.15 bits per heavy atom. The van der Waals surface area contributed by atoms with E-state index in [1.54, 1.807) is 36.7 Å².